The molecule has 1 atom stereocenters. The molecule has 1 saturated heterocycles. The summed E-state index contributed by atoms with van der Waals surface area (Å²) in [7, 11) is 0. The average Bonchev–Trinajstić information content (AvgIpc) is 3.42. The molecule has 1 fully saturated rings. The molecular formula is C26H28F3N3O4S. The van der Waals surface area contributed by atoms with Gasteiger partial charge in [0.05, 0.1) is 18.8 Å². The van der Waals surface area contributed by atoms with Gasteiger partial charge in [-0.15, -0.1) is 10.2 Å². The maximum atomic E-state index is 13.9. The number of aromatic nitrogens is 2. The van der Waals surface area contributed by atoms with Crippen molar-refractivity contribution in [3.63, 3.8) is 0 Å². The van der Waals surface area contributed by atoms with Gasteiger partial charge in [0, 0.05) is 5.56 Å². The Labute approximate surface area is 216 Å². The number of aryl methyl sites for hydroxylation is 1. The Balaban J connectivity index is 1.50. The van der Waals surface area contributed by atoms with Crippen LogP contribution in [0.25, 0.3) is 10.6 Å². The second-order valence-corrected chi connectivity index (χ2v) is 10.5. The first-order chi connectivity index (χ1) is 17.4. The molecule has 1 unspecified atom stereocenters. The highest BCUT2D eigenvalue weighted by Crippen LogP contribution is 2.45. The summed E-state index contributed by atoms with van der Waals surface area (Å²) in [6.07, 6.45) is -3.58. The quantitative estimate of drug-likeness (QED) is 0.328. The Kier molecular flexibility index (Phi) is 7.48. The topological polar surface area (TPSA) is 84.8 Å². The van der Waals surface area contributed by atoms with E-state index < -0.39 is 29.1 Å². The van der Waals surface area contributed by atoms with Crippen molar-refractivity contribution in [2.75, 3.05) is 13.2 Å². The molecule has 1 aliphatic heterocycles. The molecule has 0 radical (unpaired) electrons. The lowest BCUT2D eigenvalue weighted by atomic mass is 10.0. The Morgan fingerprint density at radius 2 is 1.86 bits per heavy atom. The number of halogens is 3. The van der Waals surface area contributed by atoms with Crippen molar-refractivity contribution in [1.29, 1.82) is 0 Å². The zero-order valence-corrected chi connectivity index (χ0v) is 21.5. The van der Waals surface area contributed by atoms with E-state index in [1.54, 1.807) is 20.8 Å². The molecule has 1 amide bonds. The lowest BCUT2D eigenvalue weighted by Gasteiger charge is -2.35. The van der Waals surface area contributed by atoms with Crippen LogP contribution in [-0.4, -0.2) is 45.2 Å². The Morgan fingerprint density at radius 1 is 1.14 bits per heavy atom. The SMILES string of the molecule is CC1(C)OCC(C)(c2nnc(-c3ccc(OCCCCc4ccccc4)c(C(F)(F)F)c3)s2)N1C(=O)O. The molecule has 0 saturated carbocycles. The van der Waals surface area contributed by atoms with Crippen LogP contribution in [0.5, 0.6) is 5.75 Å². The van der Waals surface area contributed by atoms with Crippen LogP contribution in [0.3, 0.4) is 0 Å². The van der Waals surface area contributed by atoms with Gasteiger partial charge in [-0.25, -0.2) is 4.79 Å². The molecule has 1 aromatic heterocycles. The second-order valence-electron chi connectivity index (χ2n) is 9.54. The number of nitrogens with zero attached hydrogens (tertiary/aromatic N) is 3. The molecule has 37 heavy (non-hydrogen) atoms. The fraction of sp³-hybridized carbons (Fsp3) is 0.423. The van der Waals surface area contributed by atoms with E-state index in [-0.39, 0.29) is 29.5 Å². The van der Waals surface area contributed by atoms with E-state index in [1.807, 2.05) is 30.3 Å². The summed E-state index contributed by atoms with van der Waals surface area (Å²) >= 11 is 1.04. The van der Waals surface area contributed by atoms with E-state index in [4.69, 9.17) is 9.47 Å². The van der Waals surface area contributed by atoms with Crippen molar-refractivity contribution in [3.05, 3.63) is 64.7 Å². The number of hydrogen-bond acceptors (Lipinski definition) is 6. The number of carbonyl (C=O) groups is 1. The number of benzene rings is 2. The molecule has 3 aromatic rings. The largest absolute Gasteiger partial charge is 0.493 e. The minimum absolute atomic E-state index is 0.0474. The molecule has 198 valence electrons. The van der Waals surface area contributed by atoms with Gasteiger partial charge in [-0.1, -0.05) is 41.7 Å². The molecule has 0 aliphatic carbocycles. The summed E-state index contributed by atoms with van der Waals surface area (Å²) in [5.41, 5.74) is -1.71. The van der Waals surface area contributed by atoms with E-state index >= 15 is 0 Å². The van der Waals surface area contributed by atoms with Gasteiger partial charge in [0.15, 0.2) is 0 Å². The molecule has 4 rings (SSSR count). The van der Waals surface area contributed by atoms with Crippen LogP contribution in [0.2, 0.25) is 0 Å². The van der Waals surface area contributed by atoms with E-state index in [0.29, 0.717) is 11.4 Å². The maximum absolute atomic E-state index is 13.9. The van der Waals surface area contributed by atoms with E-state index in [9.17, 15) is 23.1 Å². The average molecular weight is 536 g/mol. The number of alkyl halides is 3. The molecule has 0 bridgehead atoms. The molecule has 2 aromatic carbocycles. The molecular weight excluding hydrogens is 507 g/mol. The molecule has 0 spiro atoms. The third-order valence-electron chi connectivity index (χ3n) is 6.31. The first kappa shape index (κ1) is 26.9. The van der Waals surface area contributed by atoms with Crippen LogP contribution in [0.1, 0.15) is 49.7 Å². The van der Waals surface area contributed by atoms with Crippen LogP contribution in [0, 0.1) is 0 Å². The Bertz CT molecular complexity index is 1250. The minimum Gasteiger partial charge on any atom is -0.493 e. The summed E-state index contributed by atoms with van der Waals surface area (Å²) in [5.74, 6) is -0.240. The number of amides is 1. The Morgan fingerprint density at radius 3 is 2.54 bits per heavy atom. The zero-order valence-electron chi connectivity index (χ0n) is 20.7. The fourth-order valence-electron chi connectivity index (χ4n) is 4.47. The maximum Gasteiger partial charge on any atom is 0.419 e. The van der Waals surface area contributed by atoms with Crippen molar-refractivity contribution in [2.45, 2.75) is 57.5 Å². The standard InChI is InChI=1S/C26H28F3N3O4S/c1-24(2)32(23(33)34)25(3,16-36-24)22-31-30-21(37-22)18-12-13-20(19(15-18)26(27,28)29)35-14-8-7-11-17-9-5-4-6-10-17/h4-6,9-10,12-13,15H,7-8,11,14,16H2,1-3H3,(H,33,34). The van der Waals surface area contributed by atoms with Crippen molar-refractivity contribution < 1.29 is 32.5 Å². The van der Waals surface area contributed by atoms with Gasteiger partial charge in [-0.3, -0.25) is 4.90 Å². The lowest BCUT2D eigenvalue weighted by Crippen LogP contribution is -2.51. The molecule has 11 heteroatoms. The molecule has 2 heterocycles. The highest BCUT2D eigenvalue weighted by atomic mass is 32.1. The highest BCUT2D eigenvalue weighted by molar-refractivity contribution is 7.14. The van der Waals surface area contributed by atoms with Crippen molar-refractivity contribution in [2.24, 2.45) is 0 Å². The number of unbranched alkanes of at least 4 members (excludes halogenated alkanes) is 1. The monoisotopic (exact) mass is 535 g/mol. The van der Waals surface area contributed by atoms with Gasteiger partial charge in [-0.2, -0.15) is 13.2 Å². The van der Waals surface area contributed by atoms with Crippen molar-refractivity contribution in [3.8, 4) is 16.3 Å². The normalized spacial score (nSPS) is 19.2. The first-order valence-corrected chi connectivity index (χ1v) is 12.6. The summed E-state index contributed by atoms with van der Waals surface area (Å²) in [4.78, 5) is 13.1. The second kappa shape index (κ2) is 10.3. The molecule has 1 aliphatic rings. The Hall–Kier alpha value is -3.18. The van der Waals surface area contributed by atoms with Gasteiger partial charge < -0.3 is 14.6 Å². The lowest BCUT2D eigenvalue weighted by molar-refractivity contribution is -0.138. The van der Waals surface area contributed by atoms with Crippen LogP contribution < -0.4 is 4.74 Å². The van der Waals surface area contributed by atoms with Gasteiger partial charge >= 0.3 is 12.3 Å². The van der Waals surface area contributed by atoms with E-state index in [0.717, 1.165) is 35.1 Å². The molecule has 7 nitrogen and oxygen atoms in total. The van der Waals surface area contributed by atoms with Crippen LogP contribution in [-0.2, 0) is 22.9 Å². The number of hydrogen-bond donors (Lipinski definition) is 1. The van der Waals surface area contributed by atoms with Crippen molar-refractivity contribution >= 4 is 17.4 Å². The molecule has 1 N–H and O–H groups in total. The van der Waals surface area contributed by atoms with Crippen molar-refractivity contribution in [1.82, 2.24) is 15.1 Å². The highest BCUT2D eigenvalue weighted by Gasteiger charge is 2.54. The van der Waals surface area contributed by atoms with Crippen LogP contribution >= 0.6 is 11.3 Å². The van der Waals surface area contributed by atoms with Gasteiger partial charge in [0.2, 0.25) is 0 Å². The number of rotatable bonds is 8. The van der Waals surface area contributed by atoms with Gasteiger partial charge in [0.25, 0.3) is 0 Å². The third-order valence-corrected chi connectivity index (χ3v) is 7.53. The first-order valence-electron chi connectivity index (χ1n) is 11.8. The smallest absolute Gasteiger partial charge is 0.419 e. The van der Waals surface area contributed by atoms with Gasteiger partial charge in [-0.05, 0) is 63.8 Å². The van der Waals surface area contributed by atoms with Crippen LogP contribution in [0.15, 0.2) is 48.5 Å². The predicted octanol–water partition coefficient (Wildman–Crippen LogP) is 6.59. The van der Waals surface area contributed by atoms with Gasteiger partial charge in [0.1, 0.15) is 27.0 Å². The van der Waals surface area contributed by atoms with Crippen LogP contribution in [0.4, 0.5) is 18.0 Å². The van der Waals surface area contributed by atoms with E-state index in [2.05, 4.69) is 10.2 Å². The van der Waals surface area contributed by atoms with E-state index in [1.165, 1.54) is 17.7 Å². The predicted molar refractivity (Wildman–Crippen MR) is 132 cm³/mol. The third kappa shape index (κ3) is 5.72. The summed E-state index contributed by atoms with van der Waals surface area (Å²) < 4.78 is 52.8. The zero-order chi connectivity index (χ0) is 26.8. The summed E-state index contributed by atoms with van der Waals surface area (Å²) in [5, 5.41) is 18.5. The minimum atomic E-state index is -4.63. The number of ether oxygens (including phenoxy) is 2. The number of carboxylic acid groups (broad SMARTS) is 1. The fourth-order valence-corrected chi connectivity index (χ4v) is 5.43. The summed E-state index contributed by atoms with van der Waals surface area (Å²) in [6, 6.07) is 13.7. The summed E-state index contributed by atoms with van der Waals surface area (Å²) in [6.45, 7) is 5.13.